The van der Waals surface area contributed by atoms with E-state index in [2.05, 4.69) is 0 Å². The molecule has 0 bridgehead atoms. The van der Waals surface area contributed by atoms with Crippen LogP contribution in [0.1, 0.15) is 24.5 Å². The van der Waals surface area contributed by atoms with Gasteiger partial charge in [0.15, 0.2) is 9.84 Å². The Balaban J connectivity index is 3.12. The molecule has 0 saturated carbocycles. The number of hydrogen-bond donors (Lipinski definition) is 1. The Morgan fingerprint density at radius 2 is 1.88 bits per heavy atom. The molecule has 0 amide bonds. The van der Waals surface area contributed by atoms with Gasteiger partial charge in [0.05, 0.1) is 10.1 Å². The van der Waals surface area contributed by atoms with E-state index in [9.17, 15) is 8.42 Å². The highest BCUT2D eigenvalue weighted by Crippen LogP contribution is 2.20. The van der Waals surface area contributed by atoms with Gasteiger partial charge in [-0.05, 0) is 57.0 Å². The number of hydrogen-bond acceptors (Lipinski definition) is 3. The average molecular weight is 241 g/mol. The van der Waals surface area contributed by atoms with E-state index in [0.29, 0.717) is 17.9 Å². The Morgan fingerprint density at radius 3 is 2.38 bits per heavy atom. The van der Waals surface area contributed by atoms with Gasteiger partial charge in [0, 0.05) is 0 Å². The summed E-state index contributed by atoms with van der Waals surface area (Å²) in [6, 6.07) is 5.25. The zero-order chi connectivity index (χ0) is 12.3. The first-order valence-electron chi connectivity index (χ1n) is 5.41. The smallest absolute Gasteiger partial charge is 0.181 e. The SMILES string of the molecule is Cc1ccc(S(=O)(=O)C(C)CCN)cc1C. The Bertz CT molecular complexity index is 466. The maximum Gasteiger partial charge on any atom is 0.181 e. The summed E-state index contributed by atoms with van der Waals surface area (Å²) in [7, 11) is -3.22. The van der Waals surface area contributed by atoms with Crippen molar-refractivity contribution < 1.29 is 8.42 Å². The van der Waals surface area contributed by atoms with Crippen LogP contribution < -0.4 is 5.73 Å². The van der Waals surface area contributed by atoms with Gasteiger partial charge in [-0.3, -0.25) is 0 Å². The lowest BCUT2D eigenvalue weighted by Gasteiger charge is -2.13. The van der Waals surface area contributed by atoms with Crippen molar-refractivity contribution >= 4 is 9.84 Å². The van der Waals surface area contributed by atoms with Crippen LogP contribution in [0.2, 0.25) is 0 Å². The zero-order valence-corrected chi connectivity index (χ0v) is 10.8. The van der Waals surface area contributed by atoms with Crippen LogP contribution in [0, 0.1) is 13.8 Å². The lowest BCUT2D eigenvalue weighted by Crippen LogP contribution is -2.21. The minimum Gasteiger partial charge on any atom is -0.330 e. The molecule has 0 fully saturated rings. The van der Waals surface area contributed by atoms with Crippen LogP contribution in [0.25, 0.3) is 0 Å². The molecular formula is C12H19NO2S. The van der Waals surface area contributed by atoms with E-state index in [1.807, 2.05) is 19.9 Å². The molecule has 1 rings (SSSR count). The van der Waals surface area contributed by atoms with Crippen LogP contribution in [-0.4, -0.2) is 20.2 Å². The quantitative estimate of drug-likeness (QED) is 0.874. The maximum atomic E-state index is 12.1. The number of sulfone groups is 1. The molecular weight excluding hydrogens is 222 g/mol. The molecule has 0 spiro atoms. The predicted molar refractivity (Wildman–Crippen MR) is 66.2 cm³/mol. The van der Waals surface area contributed by atoms with Crippen LogP contribution in [0.3, 0.4) is 0 Å². The predicted octanol–water partition coefficient (Wildman–Crippen LogP) is 1.81. The molecule has 0 aliphatic rings. The van der Waals surface area contributed by atoms with Gasteiger partial charge in [-0.15, -0.1) is 0 Å². The highest BCUT2D eigenvalue weighted by molar-refractivity contribution is 7.92. The van der Waals surface area contributed by atoms with E-state index in [1.54, 1.807) is 19.1 Å². The Labute approximate surface area is 97.6 Å². The number of rotatable bonds is 4. The summed E-state index contributed by atoms with van der Waals surface area (Å²) in [6.45, 7) is 5.99. The van der Waals surface area contributed by atoms with E-state index in [1.165, 1.54) is 0 Å². The van der Waals surface area contributed by atoms with Crippen molar-refractivity contribution in [3.05, 3.63) is 29.3 Å². The van der Waals surface area contributed by atoms with Crippen molar-refractivity contribution in [1.82, 2.24) is 0 Å². The van der Waals surface area contributed by atoms with Crippen LogP contribution in [0.5, 0.6) is 0 Å². The molecule has 1 aromatic rings. The van der Waals surface area contributed by atoms with Gasteiger partial charge < -0.3 is 5.73 Å². The van der Waals surface area contributed by atoms with Crippen LogP contribution in [0.4, 0.5) is 0 Å². The van der Waals surface area contributed by atoms with Crippen LogP contribution in [0.15, 0.2) is 23.1 Å². The normalized spacial score (nSPS) is 13.8. The van der Waals surface area contributed by atoms with Crippen LogP contribution >= 0.6 is 0 Å². The molecule has 1 aromatic carbocycles. The van der Waals surface area contributed by atoms with E-state index in [-0.39, 0.29) is 0 Å². The molecule has 0 aromatic heterocycles. The monoisotopic (exact) mass is 241 g/mol. The van der Waals surface area contributed by atoms with Crippen molar-refractivity contribution in [2.45, 2.75) is 37.3 Å². The third-order valence-corrected chi connectivity index (χ3v) is 5.12. The lowest BCUT2D eigenvalue weighted by atomic mass is 10.1. The summed E-state index contributed by atoms with van der Waals surface area (Å²) in [6.07, 6.45) is 0.495. The summed E-state index contributed by atoms with van der Waals surface area (Å²) >= 11 is 0. The fourth-order valence-electron chi connectivity index (χ4n) is 1.51. The fraction of sp³-hybridized carbons (Fsp3) is 0.500. The minimum atomic E-state index is -3.22. The van der Waals surface area contributed by atoms with Crippen molar-refractivity contribution in [3.63, 3.8) is 0 Å². The summed E-state index contributed by atoms with van der Waals surface area (Å²) in [5.74, 6) is 0. The fourth-order valence-corrected chi connectivity index (χ4v) is 3.02. The van der Waals surface area contributed by atoms with Crippen molar-refractivity contribution in [1.29, 1.82) is 0 Å². The molecule has 0 saturated heterocycles. The second kappa shape index (κ2) is 4.97. The van der Waals surface area contributed by atoms with Gasteiger partial charge in [-0.25, -0.2) is 8.42 Å². The molecule has 1 unspecified atom stereocenters. The lowest BCUT2D eigenvalue weighted by molar-refractivity contribution is 0.578. The van der Waals surface area contributed by atoms with Gasteiger partial charge in [-0.1, -0.05) is 6.07 Å². The highest BCUT2D eigenvalue weighted by atomic mass is 32.2. The van der Waals surface area contributed by atoms with E-state index in [0.717, 1.165) is 11.1 Å². The third-order valence-electron chi connectivity index (χ3n) is 2.91. The molecule has 0 aliphatic heterocycles. The minimum absolute atomic E-state index is 0.394. The number of benzene rings is 1. The summed E-state index contributed by atoms with van der Waals surface area (Å²) < 4.78 is 24.3. The van der Waals surface area contributed by atoms with E-state index in [4.69, 9.17) is 5.73 Å². The Morgan fingerprint density at radius 1 is 1.25 bits per heavy atom. The summed E-state index contributed by atoms with van der Waals surface area (Å²) in [4.78, 5) is 0.400. The third kappa shape index (κ3) is 2.62. The molecule has 3 nitrogen and oxygen atoms in total. The van der Waals surface area contributed by atoms with Gasteiger partial charge >= 0.3 is 0 Å². The van der Waals surface area contributed by atoms with Crippen molar-refractivity contribution in [3.8, 4) is 0 Å². The highest BCUT2D eigenvalue weighted by Gasteiger charge is 2.22. The largest absolute Gasteiger partial charge is 0.330 e. The first-order valence-corrected chi connectivity index (χ1v) is 6.95. The molecule has 1 atom stereocenters. The first kappa shape index (κ1) is 13.2. The second-order valence-corrected chi connectivity index (χ2v) is 6.55. The zero-order valence-electron chi connectivity index (χ0n) is 10.0. The Kier molecular flexibility index (Phi) is 4.10. The Hall–Kier alpha value is -0.870. The van der Waals surface area contributed by atoms with Crippen molar-refractivity contribution in [2.75, 3.05) is 6.54 Å². The molecule has 0 aliphatic carbocycles. The van der Waals surface area contributed by atoms with Gasteiger partial charge in [0.1, 0.15) is 0 Å². The molecule has 0 radical (unpaired) electrons. The molecule has 16 heavy (non-hydrogen) atoms. The van der Waals surface area contributed by atoms with E-state index >= 15 is 0 Å². The van der Waals surface area contributed by atoms with Gasteiger partial charge in [-0.2, -0.15) is 0 Å². The molecule has 4 heteroatoms. The van der Waals surface area contributed by atoms with Gasteiger partial charge in [0.25, 0.3) is 0 Å². The summed E-state index contributed by atoms with van der Waals surface area (Å²) in [5.41, 5.74) is 7.50. The van der Waals surface area contributed by atoms with Gasteiger partial charge in [0.2, 0.25) is 0 Å². The standard InChI is InChI=1S/C12H19NO2S/c1-9-4-5-12(8-10(9)2)16(14,15)11(3)6-7-13/h4-5,8,11H,6-7,13H2,1-3H3. The molecule has 90 valence electrons. The average Bonchev–Trinajstić information content (AvgIpc) is 2.22. The second-order valence-electron chi connectivity index (χ2n) is 4.18. The maximum absolute atomic E-state index is 12.1. The number of aryl methyl sites for hydroxylation is 2. The van der Waals surface area contributed by atoms with Crippen LogP contribution in [-0.2, 0) is 9.84 Å². The first-order chi connectivity index (χ1) is 7.39. The van der Waals surface area contributed by atoms with E-state index < -0.39 is 15.1 Å². The summed E-state index contributed by atoms with van der Waals surface area (Å²) in [5, 5.41) is -0.417. The molecule has 0 heterocycles. The van der Waals surface area contributed by atoms with Crippen molar-refractivity contribution in [2.24, 2.45) is 5.73 Å². The topological polar surface area (TPSA) is 60.2 Å². The number of nitrogens with two attached hydrogens (primary N) is 1. The molecule has 2 N–H and O–H groups in total.